The Morgan fingerprint density at radius 3 is 2.32 bits per heavy atom. The highest BCUT2D eigenvalue weighted by Gasteiger charge is 2.16. The van der Waals surface area contributed by atoms with Crippen molar-refractivity contribution in [3.8, 4) is 17.2 Å². The van der Waals surface area contributed by atoms with Crippen molar-refractivity contribution in [1.29, 1.82) is 0 Å². The minimum Gasteiger partial charge on any atom is -0.497 e. The molecule has 0 saturated heterocycles. The number of carbonyl (C=O) groups is 1. The van der Waals surface area contributed by atoms with Gasteiger partial charge in [-0.25, -0.2) is 0 Å². The number of benzene rings is 2. The van der Waals surface area contributed by atoms with Crippen LogP contribution < -0.4 is 19.5 Å². The number of hydrogen-bond donors (Lipinski definition) is 1. The molecule has 1 amide bonds. The third-order valence-corrected chi connectivity index (χ3v) is 4.72. The maximum absolute atomic E-state index is 12.7. The fourth-order valence-electron chi connectivity index (χ4n) is 2.64. The third kappa shape index (κ3) is 5.94. The molecule has 152 valence electrons. The lowest BCUT2D eigenvalue weighted by atomic mass is 10.2. The molecule has 0 aliphatic heterocycles. The molecule has 0 saturated carbocycles. The first-order valence-corrected chi connectivity index (χ1v) is 9.91. The molecular formula is C21H25Cl2NO4. The molecule has 2 aromatic carbocycles. The van der Waals surface area contributed by atoms with Gasteiger partial charge in [-0.3, -0.25) is 4.79 Å². The van der Waals surface area contributed by atoms with Crippen LogP contribution in [0.5, 0.6) is 17.2 Å². The Morgan fingerprint density at radius 2 is 1.71 bits per heavy atom. The molecule has 0 heterocycles. The Morgan fingerprint density at radius 1 is 1.00 bits per heavy atom. The maximum atomic E-state index is 12.7. The van der Waals surface area contributed by atoms with E-state index >= 15 is 0 Å². The standard InChI is InChI=1S/C21H25Cl2NO4/c1-4-5-6-7-10-28-20-16(22)11-14(12-17(20)23)21(25)24-18-13-15(26-2)8-9-19(18)27-3/h8-9,11-13H,4-7,10H2,1-3H3,(H,24,25). The lowest BCUT2D eigenvalue weighted by Crippen LogP contribution is -2.13. The summed E-state index contributed by atoms with van der Waals surface area (Å²) in [6.07, 6.45) is 4.34. The Bertz CT molecular complexity index is 788. The minimum atomic E-state index is -0.371. The van der Waals surface area contributed by atoms with Crippen molar-refractivity contribution >= 4 is 34.8 Å². The zero-order valence-corrected chi connectivity index (χ0v) is 17.8. The number of nitrogens with one attached hydrogen (secondary N) is 1. The lowest BCUT2D eigenvalue weighted by molar-refractivity contribution is 0.102. The summed E-state index contributed by atoms with van der Waals surface area (Å²) in [4.78, 5) is 12.7. The monoisotopic (exact) mass is 425 g/mol. The molecule has 2 rings (SSSR count). The fourth-order valence-corrected chi connectivity index (χ4v) is 3.23. The van der Waals surface area contributed by atoms with Crippen LogP contribution >= 0.6 is 23.2 Å². The van der Waals surface area contributed by atoms with Crippen LogP contribution in [0.2, 0.25) is 10.0 Å². The Hall–Kier alpha value is -2.11. The number of hydrogen-bond acceptors (Lipinski definition) is 4. The second-order valence-electron chi connectivity index (χ2n) is 6.20. The van der Waals surface area contributed by atoms with Crippen molar-refractivity contribution < 1.29 is 19.0 Å². The van der Waals surface area contributed by atoms with E-state index in [0.717, 1.165) is 25.7 Å². The molecular weight excluding hydrogens is 401 g/mol. The van der Waals surface area contributed by atoms with Gasteiger partial charge in [0.25, 0.3) is 5.91 Å². The molecule has 7 heteroatoms. The average Bonchev–Trinajstić information content (AvgIpc) is 2.69. The van der Waals surface area contributed by atoms with Crippen molar-refractivity contribution in [1.82, 2.24) is 0 Å². The number of anilines is 1. The van der Waals surface area contributed by atoms with E-state index in [1.165, 1.54) is 19.2 Å². The molecule has 0 spiro atoms. The van der Waals surface area contributed by atoms with Crippen LogP contribution in [0.4, 0.5) is 5.69 Å². The van der Waals surface area contributed by atoms with Gasteiger partial charge in [-0.1, -0.05) is 49.4 Å². The van der Waals surface area contributed by atoms with Gasteiger partial charge < -0.3 is 19.5 Å². The molecule has 0 aliphatic rings. The molecule has 2 aromatic rings. The van der Waals surface area contributed by atoms with E-state index < -0.39 is 0 Å². The molecule has 28 heavy (non-hydrogen) atoms. The molecule has 1 N–H and O–H groups in total. The highest BCUT2D eigenvalue weighted by Crippen LogP contribution is 2.35. The number of ether oxygens (including phenoxy) is 3. The van der Waals surface area contributed by atoms with Crippen LogP contribution in [0.1, 0.15) is 43.0 Å². The molecule has 0 unspecified atom stereocenters. The quantitative estimate of drug-likeness (QED) is 0.458. The van der Waals surface area contributed by atoms with E-state index in [-0.39, 0.29) is 5.91 Å². The third-order valence-electron chi connectivity index (χ3n) is 4.16. The summed E-state index contributed by atoms with van der Waals surface area (Å²) >= 11 is 12.6. The van der Waals surface area contributed by atoms with E-state index in [9.17, 15) is 4.79 Å². The molecule has 0 atom stereocenters. The highest BCUT2D eigenvalue weighted by atomic mass is 35.5. The first kappa shape index (κ1) is 22.2. The van der Waals surface area contributed by atoms with Crippen molar-refractivity contribution in [3.63, 3.8) is 0 Å². The maximum Gasteiger partial charge on any atom is 0.255 e. The average molecular weight is 426 g/mol. The van der Waals surface area contributed by atoms with Crippen molar-refractivity contribution in [2.75, 3.05) is 26.1 Å². The minimum absolute atomic E-state index is 0.297. The van der Waals surface area contributed by atoms with Crippen LogP contribution in [0.15, 0.2) is 30.3 Å². The molecule has 0 fully saturated rings. The van der Waals surface area contributed by atoms with Crippen LogP contribution in [-0.4, -0.2) is 26.7 Å². The summed E-state index contributed by atoms with van der Waals surface area (Å²) in [5.74, 6) is 1.14. The summed E-state index contributed by atoms with van der Waals surface area (Å²) in [7, 11) is 3.08. The first-order valence-electron chi connectivity index (χ1n) is 9.15. The van der Waals surface area contributed by atoms with E-state index in [1.807, 2.05) is 0 Å². The molecule has 0 aliphatic carbocycles. The van der Waals surface area contributed by atoms with Crippen LogP contribution in [0.25, 0.3) is 0 Å². The number of unbranched alkanes of at least 4 members (excludes halogenated alkanes) is 3. The second kappa shape index (κ2) is 11.0. The van der Waals surface area contributed by atoms with Gasteiger partial charge in [-0.05, 0) is 30.7 Å². The van der Waals surface area contributed by atoms with Crippen LogP contribution in [0, 0.1) is 0 Å². The van der Waals surface area contributed by atoms with Gasteiger partial charge in [-0.2, -0.15) is 0 Å². The van der Waals surface area contributed by atoms with Gasteiger partial charge in [0.1, 0.15) is 11.5 Å². The zero-order chi connectivity index (χ0) is 20.5. The number of methoxy groups -OCH3 is 2. The lowest BCUT2D eigenvalue weighted by Gasteiger charge is -2.14. The van der Waals surface area contributed by atoms with E-state index in [4.69, 9.17) is 37.4 Å². The van der Waals surface area contributed by atoms with Gasteiger partial charge in [-0.15, -0.1) is 0 Å². The largest absolute Gasteiger partial charge is 0.497 e. The number of amides is 1. The van der Waals surface area contributed by atoms with Crippen molar-refractivity contribution in [2.24, 2.45) is 0 Å². The number of rotatable bonds is 10. The normalized spacial score (nSPS) is 10.5. The van der Waals surface area contributed by atoms with Crippen LogP contribution in [-0.2, 0) is 0 Å². The smallest absolute Gasteiger partial charge is 0.255 e. The van der Waals surface area contributed by atoms with Gasteiger partial charge in [0, 0.05) is 11.6 Å². The Kier molecular flexibility index (Phi) is 8.74. The van der Waals surface area contributed by atoms with E-state index in [2.05, 4.69) is 12.2 Å². The first-order chi connectivity index (χ1) is 13.5. The van der Waals surface area contributed by atoms with Gasteiger partial charge >= 0.3 is 0 Å². The number of halogens is 2. The molecule has 5 nitrogen and oxygen atoms in total. The van der Waals surface area contributed by atoms with Crippen LogP contribution in [0.3, 0.4) is 0 Å². The molecule has 0 radical (unpaired) electrons. The van der Waals surface area contributed by atoms with E-state index in [1.54, 1.807) is 25.3 Å². The van der Waals surface area contributed by atoms with Gasteiger partial charge in [0.2, 0.25) is 0 Å². The van der Waals surface area contributed by atoms with Crippen molar-refractivity contribution in [3.05, 3.63) is 45.9 Å². The predicted octanol–water partition coefficient (Wildman–Crippen LogP) is 6.22. The molecule has 0 bridgehead atoms. The Labute approximate surface area is 175 Å². The highest BCUT2D eigenvalue weighted by molar-refractivity contribution is 6.37. The number of carbonyl (C=O) groups excluding carboxylic acids is 1. The molecule has 0 aromatic heterocycles. The predicted molar refractivity (Wildman–Crippen MR) is 114 cm³/mol. The topological polar surface area (TPSA) is 56.8 Å². The zero-order valence-electron chi connectivity index (χ0n) is 16.3. The Balaban J connectivity index is 2.12. The summed E-state index contributed by atoms with van der Waals surface area (Å²) in [6.45, 7) is 2.69. The van der Waals surface area contributed by atoms with Gasteiger partial charge in [0.15, 0.2) is 5.75 Å². The summed E-state index contributed by atoms with van der Waals surface area (Å²) < 4.78 is 16.2. The van der Waals surface area contributed by atoms with Gasteiger partial charge in [0.05, 0.1) is 36.6 Å². The SMILES string of the molecule is CCCCCCOc1c(Cl)cc(C(=O)Nc2cc(OC)ccc2OC)cc1Cl. The van der Waals surface area contributed by atoms with Crippen molar-refractivity contribution in [2.45, 2.75) is 32.6 Å². The summed E-state index contributed by atoms with van der Waals surface area (Å²) in [5.41, 5.74) is 0.800. The van der Waals surface area contributed by atoms with E-state index in [0.29, 0.717) is 45.2 Å². The fraction of sp³-hybridized carbons (Fsp3) is 0.381. The summed E-state index contributed by atoms with van der Waals surface area (Å²) in [6, 6.07) is 8.21. The second-order valence-corrected chi connectivity index (χ2v) is 7.01. The summed E-state index contributed by atoms with van der Waals surface area (Å²) in [5, 5.41) is 3.38.